The van der Waals surface area contributed by atoms with Crippen LogP contribution in [0.15, 0.2) is 60.7 Å². The summed E-state index contributed by atoms with van der Waals surface area (Å²) in [7, 11) is 0. The van der Waals surface area contributed by atoms with Crippen molar-refractivity contribution in [3.63, 3.8) is 0 Å². The predicted molar refractivity (Wildman–Crippen MR) is 85.6 cm³/mol. The van der Waals surface area contributed by atoms with E-state index in [2.05, 4.69) is 40.5 Å². The van der Waals surface area contributed by atoms with E-state index in [4.69, 9.17) is 4.74 Å². The normalized spacial score (nSPS) is 19.3. The molecule has 3 nitrogen and oxygen atoms in total. The van der Waals surface area contributed by atoms with Gasteiger partial charge in [0.2, 0.25) is 0 Å². The van der Waals surface area contributed by atoms with Crippen LogP contribution in [0.2, 0.25) is 0 Å². The van der Waals surface area contributed by atoms with Gasteiger partial charge in [0, 0.05) is 32.2 Å². The molecule has 0 saturated carbocycles. The van der Waals surface area contributed by atoms with Crippen molar-refractivity contribution in [3.8, 4) is 5.75 Å². The molecule has 1 unspecified atom stereocenters. The maximum atomic E-state index is 5.83. The number of rotatable bonds is 5. The first-order valence-electron chi connectivity index (χ1n) is 7.61. The summed E-state index contributed by atoms with van der Waals surface area (Å²) in [5.41, 5.74) is 1.38. The quantitative estimate of drug-likeness (QED) is 0.912. The van der Waals surface area contributed by atoms with Gasteiger partial charge in [0.15, 0.2) is 0 Å². The highest BCUT2D eigenvalue weighted by molar-refractivity contribution is 5.21. The Kier molecular flexibility index (Phi) is 4.87. The molecular formula is C18H22N2O. The second-order valence-electron chi connectivity index (χ2n) is 5.33. The minimum absolute atomic E-state index is 0.444. The van der Waals surface area contributed by atoms with Gasteiger partial charge >= 0.3 is 0 Å². The van der Waals surface area contributed by atoms with Gasteiger partial charge in [0.1, 0.15) is 12.4 Å². The topological polar surface area (TPSA) is 24.5 Å². The van der Waals surface area contributed by atoms with Crippen LogP contribution in [0, 0.1) is 0 Å². The van der Waals surface area contributed by atoms with E-state index in [0.717, 1.165) is 38.5 Å². The lowest BCUT2D eigenvalue weighted by Crippen LogP contribution is -2.47. The van der Waals surface area contributed by atoms with E-state index >= 15 is 0 Å². The minimum atomic E-state index is 0.444. The summed E-state index contributed by atoms with van der Waals surface area (Å²) >= 11 is 0. The van der Waals surface area contributed by atoms with E-state index in [1.54, 1.807) is 0 Å². The van der Waals surface area contributed by atoms with Crippen molar-refractivity contribution in [3.05, 3.63) is 66.2 Å². The van der Waals surface area contributed by atoms with Crippen molar-refractivity contribution < 1.29 is 4.74 Å². The first-order valence-corrected chi connectivity index (χ1v) is 7.61. The molecule has 0 aliphatic carbocycles. The number of nitrogens with zero attached hydrogens (tertiary/aromatic N) is 1. The highest BCUT2D eigenvalue weighted by Crippen LogP contribution is 2.21. The minimum Gasteiger partial charge on any atom is -0.492 e. The summed E-state index contributed by atoms with van der Waals surface area (Å²) in [6.45, 7) is 4.81. The third-order valence-electron chi connectivity index (χ3n) is 3.93. The van der Waals surface area contributed by atoms with Crippen molar-refractivity contribution >= 4 is 0 Å². The Morgan fingerprint density at radius 1 is 1.00 bits per heavy atom. The number of benzene rings is 2. The zero-order valence-corrected chi connectivity index (χ0v) is 12.2. The lowest BCUT2D eigenvalue weighted by Gasteiger charge is -2.36. The number of hydrogen-bond acceptors (Lipinski definition) is 3. The summed E-state index contributed by atoms with van der Waals surface area (Å²) in [6, 6.07) is 21.2. The van der Waals surface area contributed by atoms with Gasteiger partial charge in [0.25, 0.3) is 0 Å². The molecule has 3 heteroatoms. The van der Waals surface area contributed by atoms with Crippen LogP contribution in [-0.4, -0.2) is 37.7 Å². The molecule has 1 atom stereocenters. The standard InChI is InChI=1S/C18H22N2O/c1-3-7-16(8-4-1)18-15-19-11-12-20(18)13-14-21-17-9-5-2-6-10-17/h1-10,18-19H,11-15H2. The molecule has 1 saturated heterocycles. The zero-order chi connectivity index (χ0) is 14.3. The molecule has 0 aromatic heterocycles. The van der Waals surface area contributed by atoms with Gasteiger partial charge in [-0.2, -0.15) is 0 Å². The number of para-hydroxylation sites is 1. The van der Waals surface area contributed by atoms with E-state index in [0.29, 0.717) is 6.04 Å². The van der Waals surface area contributed by atoms with Crippen LogP contribution >= 0.6 is 0 Å². The lowest BCUT2D eigenvalue weighted by molar-refractivity contribution is 0.134. The summed E-state index contributed by atoms with van der Waals surface area (Å²) in [5, 5.41) is 3.49. The van der Waals surface area contributed by atoms with Gasteiger partial charge in [-0.15, -0.1) is 0 Å². The van der Waals surface area contributed by atoms with Crippen molar-refractivity contribution in [1.82, 2.24) is 10.2 Å². The SMILES string of the molecule is c1ccc(OCCN2CCNCC2c2ccccc2)cc1. The van der Waals surface area contributed by atoms with E-state index in [1.165, 1.54) is 5.56 Å². The molecule has 1 heterocycles. The maximum absolute atomic E-state index is 5.83. The van der Waals surface area contributed by atoms with Gasteiger partial charge in [-0.25, -0.2) is 0 Å². The summed E-state index contributed by atoms with van der Waals surface area (Å²) < 4.78 is 5.83. The first kappa shape index (κ1) is 14.1. The van der Waals surface area contributed by atoms with Crippen molar-refractivity contribution in [2.24, 2.45) is 0 Å². The Morgan fingerprint density at radius 3 is 2.48 bits per heavy atom. The smallest absolute Gasteiger partial charge is 0.119 e. The fraction of sp³-hybridized carbons (Fsp3) is 0.333. The van der Waals surface area contributed by atoms with Gasteiger partial charge in [0.05, 0.1) is 0 Å². The summed E-state index contributed by atoms with van der Waals surface area (Å²) in [6.07, 6.45) is 0. The molecule has 0 radical (unpaired) electrons. The molecule has 1 aliphatic heterocycles. The fourth-order valence-electron chi connectivity index (χ4n) is 2.82. The summed E-state index contributed by atoms with van der Waals surface area (Å²) in [4.78, 5) is 2.51. The van der Waals surface area contributed by atoms with Gasteiger partial charge in [-0.05, 0) is 17.7 Å². The van der Waals surface area contributed by atoms with Crippen LogP contribution in [0.25, 0.3) is 0 Å². The van der Waals surface area contributed by atoms with Crippen LogP contribution in [0.5, 0.6) is 5.75 Å². The Labute approximate surface area is 126 Å². The van der Waals surface area contributed by atoms with E-state index < -0.39 is 0 Å². The van der Waals surface area contributed by atoms with Crippen LogP contribution in [0.3, 0.4) is 0 Å². The van der Waals surface area contributed by atoms with Crippen molar-refractivity contribution in [2.45, 2.75) is 6.04 Å². The number of hydrogen-bond donors (Lipinski definition) is 1. The zero-order valence-electron chi connectivity index (χ0n) is 12.2. The molecule has 1 aliphatic rings. The molecule has 110 valence electrons. The van der Waals surface area contributed by atoms with Crippen LogP contribution in [0.4, 0.5) is 0 Å². The highest BCUT2D eigenvalue weighted by atomic mass is 16.5. The molecule has 0 spiro atoms. The number of nitrogens with one attached hydrogen (secondary N) is 1. The molecule has 3 rings (SSSR count). The highest BCUT2D eigenvalue weighted by Gasteiger charge is 2.23. The summed E-state index contributed by atoms with van der Waals surface area (Å²) in [5.74, 6) is 0.948. The van der Waals surface area contributed by atoms with E-state index in [1.807, 2.05) is 30.3 Å². The Balaban J connectivity index is 1.57. The molecule has 2 aromatic carbocycles. The maximum Gasteiger partial charge on any atom is 0.119 e. The van der Waals surface area contributed by atoms with Gasteiger partial charge in [-0.3, -0.25) is 4.90 Å². The average Bonchev–Trinajstić information content (AvgIpc) is 2.57. The van der Waals surface area contributed by atoms with E-state index in [-0.39, 0.29) is 0 Å². The molecule has 1 N–H and O–H groups in total. The molecule has 2 aromatic rings. The fourth-order valence-corrected chi connectivity index (χ4v) is 2.82. The monoisotopic (exact) mass is 282 g/mol. The largest absolute Gasteiger partial charge is 0.492 e. The molecule has 0 amide bonds. The van der Waals surface area contributed by atoms with Crippen molar-refractivity contribution in [1.29, 1.82) is 0 Å². The number of ether oxygens (including phenoxy) is 1. The molecular weight excluding hydrogens is 260 g/mol. The van der Waals surface area contributed by atoms with Crippen LogP contribution in [-0.2, 0) is 0 Å². The van der Waals surface area contributed by atoms with E-state index in [9.17, 15) is 0 Å². The number of piperazine rings is 1. The third-order valence-corrected chi connectivity index (χ3v) is 3.93. The average molecular weight is 282 g/mol. The second-order valence-corrected chi connectivity index (χ2v) is 5.33. The first-order chi connectivity index (χ1) is 10.4. The lowest BCUT2D eigenvalue weighted by atomic mass is 10.0. The van der Waals surface area contributed by atoms with Gasteiger partial charge < -0.3 is 10.1 Å². The second kappa shape index (κ2) is 7.25. The Morgan fingerprint density at radius 2 is 1.71 bits per heavy atom. The molecule has 0 bridgehead atoms. The molecule has 21 heavy (non-hydrogen) atoms. The van der Waals surface area contributed by atoms with Crippen molar-refractivity contribution in [2.75, 3.05) is 32.8 Å². The Bertz CT molecular complexity index is 529. The Hall–Kier alpha value is -1.84. The van der Waals surface area contributed by atoms with Crippen LogP contribution < -0.4 is 10.1 Å². The predicted octanol–water partition coefficient (Wildman–Crippen LogP) is 2.71. The molecule has 1 fully saturated rings. The third kappa shape index (κ3) is 3.84. The van der Waals surface area contributed by atoms with Crippen LogP contribution in [0.1, 0.15) is 11.6 Å². The van der Waals surface area contributed by atoms with Gasteiger partial charge in [-0.1, -0.05) is 48.5 Å².